The quantitative estimate of drug-likeness (QED) is 0.590. The van der Waals surface area contributed by atoms with E-state index in [1.54, 1.807) is 16.8 Å². The Kier molecular flexibility index (Phi) is 4.42. The van der Waals surface area contributed by atoms with Gasteiger partial charge in [-0.15, -0.1) is 0 Å². The molecule has 0 unspecified atom stereocenters. The van der Waals surface area contributed by atoms with Crippen molar-refractivity contribution in [3.05, 3.63) is 71.6 Å². The minimum absolute atomic E-state index is 0.248. The van der Waals surface area contributed by atoms with Gasteiger partial charge in [0, 0.05) is 18.0 Å². The molecule has 7 nitrogen and oxygen atoms in total. The van der Waals surface area contributed by atoms with Crippen LogP contribution in [0.25, 0.3) is 17.0 Å². The summed E-state index contributed by atoms with van der Waals surface area (Å²) in [6, 6.07) is 13.0. The first kappa shape index (κ1) is 17.0. The van der Waals surface area contributed by atoms with E-state index in [4.69, 9.17) is 4.42 Å². The van der Waals surface area contributed by atoms with E-state index in [2.05, 4.69) is 20.4 Å². The Bertz CT molecular complexity index is 1100. The third kappa shape index (κ3) is 3.44. The molecule has 0 spiro atoms. The molecule has 1 N–H and O–H groups in total. The second-order valence-electron chi connectivity index (χ2n) is 6.20. The van der Waals surface area contributed by atoms with Gasteiger partial charge >= 0.3 is 0 Å². The maximum absolute atomic E-state index is 12.6. The molecular weight excluding hydrogens is 342 g/mol. The van der Waals surface area contributed by atoms with E-state index in [1.165, 1.54) is 0 Å². The Morgan fingerprint density at radius 1 is 1.19 bits per heavy atom. The van der Waals surface area contributed by atoms with Gasteiger partial charge in [0.05, 0.1) is 12.2 Å². The van der Waals surface area contributed by atoms with Crippen LogP contribution in [0.4, 0.5) is 0 Å². The van der Waals surface area contributed by atoms with Crippen molar-refractivity contribution in [2.24, 2.45) is 0 Å². The first-order valence-electron chi connectivity index (χ1n) is 8.78. The highest BCUT2D eigenvalue weighted by atomic mass is 16.3. The molecule has 27 heavy (non-hydrogen) atoms. The molecule has 0 aliphatic rings. The zero-order chi connectivity index (χ0) is 18.8. The third-order valence-electron chi connectivity index (χ3n) is 4.24. The van der Waals surface area contributed by atoms with Gasteiger partial charge in [-0.2, -0.15) is 5.10 Å². The fraction of sp³-hybridized carbons (Fsp3) is 0.200. The average Bonchev–Trinajstić information content (AvgIpc) is 3.32. The van der Waals surface area contributed by atoms with Crippen LogP contribution in [0.2, 0.25) is 0 Å². The molecule has 0 bridgehead atoms. The lowest BCUT2D eigenvalue weighted by molar-refractivity contribution is 0.0943. The van der Waals surface area contributed by atoms with Gasteiger partial charge in [0.15, 0.2) is 5.65 Å². The Hall–Kier alpha value is -3.48. The predicted molar refractivity (Wildman–Crippen MR) is 100 cm³/mol. The second kappa shape index (κ2) is 7.03. The number of nitrogens with zero attached hydrogens (tertiary/aromatic N) is 4. The number of carbonyl (C=O) groups is 1. The monoisotopic (exact) mass is 361 g/mol. The topological polar surface area (TPSA) is 85.3 Å². The van der Waals surface area contributed by atoms with Crippen molar-refractivity contribution in [3.8, 4) is 11.4 Å². The lowest BCUT2D eigenvalue weighted by atomic mass is 10.2. The molecule has 4 aromatic rings. The van der Waals surface area contributed by atoms with Crippen molar-refractivity contribution in [1.82, 2.24) is 24.9 Å². The highest BCUT2D eigenvalue weighted by Gasteiger charge is 2.15. The van der Waals surface area contributed by atoms with Gasteiger partial charge in [0.2, 0.25) is 0 Å². The summed E-state index contributed by atoms with van der Waals surface area (Å²) in [6.07, 6.45) is 2.45. The maximum atomic E-state index is 12.6. The molecule has 4 aromatic heterocycles. The number of furan rings is 1. The Morgan fingerprint density at radius 2 is 2.07 bits per heavy atom. The van der Waals surface area contributed by atoms with Crippen LogP contribution in [0.15, 0.2) is 53.1 Å². The van der Waals surface area contributed by atoms with Gasteiger partial charge in [-0.1, -0.05) is 13.0 Å². The number of hydrogen-bond acceptors (Lipinski definition) is 5. The molecule has 0 radical (unpaired) electrons. The molecule has 136 valence electrons. The van der Waals surface area contributed by atoms with E-state index in [9.17, 15) is 4.79 Å². The maximum Gasteiger partial charge on any atom is 0.270 e. The van der Waals surface area contributed by atoms with Gasteiger partial charge in [0.25, 0.3) is 5.91 Å². The van der Waals surface area contributed by atoms with E-state index < -0.39 is 0 Å². The number of hydrogen-bond donors (Lipinski definition) is 1. The number of fused-ring (bicyclic) bond motifs is 1. The summed E-state index contributed by atoms with van der Waals surface area (Å²) in [5.41, 5.74) is 3.37. The average molecular weight is 361 g/mol. The van der Waals surface area contributed by atoms with Gasteiger partial charge in [-0.05, 0) is 43.7 Å². The van der Waals surface area contributed by atoms with E-state index in [0.29, 0.717) is 23.6 Å². The van der Waals surface area contributed by atoms with Crippen LogP contribution < -0.4 is 5.32 Å². The van der Waals surface area contributed by atoms with Crippen LogP contribution in [-0.4, -0.2) is 25.5 Å². The van der Waals surface area contributed by atoms with Crippen LogP contribution in [-0.2, 0) is 13.0 Å². The highest BCUT2D eigenvalue weighted by molar-refractivity contribution is 5.92. The Labute approximate surface area is 156 Å². The van der Waals surface area contributed by atoms with Crippen LogP contribution in [0, 0.1) is 6.92 Å². The standard InChI is InChI=1S/C20H19N5O2/c1-3-14-10-18(20(26)22-12-15-8-7-13(2)27-15)23-19-11-17(24-25(14)19)16-6-4-5-9-21-16/h4-11H,3,12H2,1-2H3,(H,22,26). The third-order valence-corrected chi connectivity index (χ3v) is 4.24. The molecule has 0 aliphatic carbocycles. The van der Waals surface area contributed by atoms with Crippen molar-refractivity contribution in [2.45, 2.75) is 26.8 Å². The number of pyridine rings is 1. The van der Waals surface area contributed by atoms with E-state index >= 15 is 0 Å². The summed E-state index contributed by atoms with van der Waals surface area (Å²) in [4.78, 5) is 21.4. The number of aromatic nitrogens is 4. The molecule has 1 amide bonds. The van der Waals surface area contributed by atoms with Gasteiger partial charge < -0.3 is 9.73 Å². The van der Waals surface area contributed by atoms with Crippen molar-refractivity contribution >= 4 is 11.6 Å². The van der Waals surface area contributed by atoms with Gasteiger partial charge in [-0.25, -0.2) is 9.50 Å². The SMILES string of the molecule is CCc1cc(C(=O)NCc2ccc(C)o2)nc2cc(-c3ccccn3)nn12. The zero-order valence-corrected chi connectivity index (χ0v) is 15.1. The fourth-order valence-corrected chi connectivity index (χ4v) is 2.88. The fourth-order valence-electron chi connectivity index (χ4n) is 2.88. The van der Waals surface area contributed by atoms with Gasteiger partial charge in [-0.3, -0.25) is 9.78 Å². The molecule has 0 saturated heterocycles. The summed E-state index contributed by atoms with van der Waals surface area (Å²) in [5, 5.41) is 7.44. The molecule has 0 atom stereocenters. The first-order chi connectivity index (χ1) is 13.1. The van der Waals surface area contributed by atoms with Crippen LogP contribution >= 0.6 is 0 Å². The van der Waals surface area contributed by atoms with E-state index in [1.807, 2.05) is 50.2 Å². The Morgan fingerprint density at radius 3 is 2.78 bits per heavy atom. The highest BCUT2D eigenvalue weighted by Crippen LogP contribution is 2.18. The summed E-state index contributed by atoms with van der Waals surface area (Å²) in [6.45, 7) is 4.21. The van der Waals surface area contributed by atoms with Crippen molar-refractivity contribution < 1.29 is 9.21 Å². The van der Waals surface area contributed by atoms with Crippen molar-refractivity contribution in [1.29, 1.82) is 0 Å². The summed E-state index contributed by atoms with van der Waals surface area (Å²) < 4.78 is 7.24. The number of rotatable bonds is 5. The molecule has 0 aromatic carbocycles. The summed E-state index contributed by atoms with van der Waals surface area (Å²) >= 11 is 0. The van der Waals surface area contributed by atoms with E-state index in [0.717, 1.165) is 29.3 Å². The molecular formula is C20H19N5O2. The summed E-state index contributed by atoms with van der Waals surface area (Å²) in [5.74, 6) is 1.27. The lowest BCUT2D eigenvalue weighted by Gasteiger charge is -2.06. The minimum Gasteiger partial charge on any atom is -0.465 e. The zero-order valence-electron chi connectivity index (χ0n) is 15.1. The van der Waals surface area contributed by atoms with Crippen LogP contribution in [0.5, 0.6) is 0 Å². The second-order valence-corrected chi connectivity index (χ2v) is 6.20. The normalized spacial score (nSPS) is 11.0. The summed E-state index contributed by atoms with van der Waals surface area (Å²) in [7, 11) is 0. The number of amides is 1. The molecule has 0 aliphatic heterocycles. The smallest absolute Gasteiger partial charge is 0.270 e. The lowest BCUT2D eigenvalue weighted by Crippen LogP contribution is -2.24. The largest absolute Gasteiger partial charge is 0.465 e. The molecule has 0 saturated carbocycles. The Balaban J connectivity index is 1.64. The molecule has 7 heteroatoms. The predicted octanol–water partition coefficient (Wildman–Crippen LogP) is 3.19. The molecule has 4 rings (SSSR count). The minimum atomic E-state index is -0.248. The number of nitrogens with one attached hydrogen (secondary N) is 1. The van der Waals surface area contributed by atoms with Crippen LogP contribution in [0.1, 0.15) is 34.6 Å². The molecule has 0 fully saturated rings. The first-order valence-corrected chi connectivity index (χ1v) is 8.78. The van der Waals surface area contributed by atoms with Crippen molar-refractivity contribution in [2.75, 3.05) is 0 Å². The number of carbonyl (C=O) groups excluding carboxylic acids is 1. The van der Waals surface area contributed by atoms with E-state index in [-0.39, 0.29) is 5.91 Å². The molecule has 4 heterocycles. The van der Waals surface area contributed by atoms with Gasteiger partial charge in [0.1, 0.15) is 22.9 Å². The number of aryl methyl sites for hydroxylation is 2. The van der Waals surface area contributed by atoms with Crippen molar-refractivity contribution in [3.63, 3.8) is 0 Å². The van der Waals surface area contributed by atoms with Crippen LogP contribution in [0.3, 0.4) is 0 Å².